The molecule has 1 aromatic rings. The topological polar surface area (TPSA) is 114 Å². The molecule has 8 nitrogen and oxygen atoms in total. The second-order valence-corrected chi connectivity index (χ2v) is 8.98. The van der Waals surface area contributed by atoms with Crippen molar-refractivity contribution in [2.45, 2.75) is 45.0 Å². The van der Waals surface area contributed by atoms with Crippen LogP contribution >= 0.6 is 0 Å². The first-order chi connectivity index (χ1) is 13.0. The highest BCUT2D eigenvalue weighted by Crippen LogP contribution is 2.12. The SMILES string of the molecule is C=CCNS(=O)(=O)Cc1ccc(NC(=O)CCCNC(=O)OC(C)(C)C)cc1. The average Bonchev–Trinajstić information content (AvgIpc) is 2.57. The molecule has 0 aromatic heterocycles. The third-order valence-electron chi connectivity index (χ3n) is 3.29. The molecule has 1 aromatic carbocycles. The average molecular weight is 412 g/mol. The first kappa shape index (κ1) is 23.6. The van der Waals surface area contributed by atoms with Gasteiger partial charge in [0.2, 0.25) is 15.9 Å². The third-order valence-corrected chi connectivity index (χ3v) is 4.61. The molecule has 0 saturated carbocycles. The standard InChI is InChI=1S/C19H29N3O5S/c1-5-12-21-28(25,26)14-15-8-10-16(11-9-15)22-17(23)7-6-13-20-18(24)27-19(2,3)4/h5,8-11,21H,1,6-7,12-14H2,2-4H3,(H,20,24)(H,22,23). The molecule has 0 radical (unpaired) electrons. The quantitative estimate of drug-likeness (QED) is 0.404. The van der Waals surface area contributed by atoms with Crippen LogP contribution in [0.3, 0.4) is 0 Å². The molecular weight excluding hydrogens is 382 g/mol. The van der Waals surface area contributed by atoms with Crippen molar-refractivity contribution in [3.8, 4) is 0 Å². The third kappa shape index (κ3) is 10.7. The molecule has 0 heterocycles. The number of alkyl carbamates (subject to hydrolysis) is 1. The van der Waals surface area contributed by atoms with E-state index in [0.29, 0.717) is 24.2 Å². The number of anilines is 1. The van der Waals surface area contributed by atoms with Gasteiger partial charge in [-0.3, -0.25) is 4.79 Å². The Hall–Kier alpha value is -2.39. The molecule has 0 spiro atoms. The van der Waals surface area contributed by atoms with Crippen molar-refractivity contribution in [3.63, 3.8) is 0 Å². The second kappa shape index (κ2) is 10.8. The van der Waals surface area contributed by atoms with Crippen LogP contribution in [0.5, 0.6) is 0 Å². The monoisotopic (exact) mass is 411 g/mol. The highest BCUT2D eigenvalue weighted by molar-refractivity contribution is 7.88. The molecule has 0 unspecified atom stereocenters. The van der Waals surface area contributed by atoms with Crippen molar-refractivity contribution >= 4 is 27.7 Å². The lowest BCUT2D eigenvalue weighted by Crippen LogP contribution is -2.33. The van der Waals surface area contributed by atoms with E-state index in [4.69, 9.17) is 4.74 Å². The molecule has 28 heavy (non-hydrogen) atoms. The smallest absolute Gasteiger partial charge is 0.407 e. The second-order valence-electron chi connectivity index (χ2n) is 7.17. The van der Waals surface area contributed by atoms with Crippen molar-refractivity contribution < 1.29 is 22.7 Å². The van der Waals surface area contributed by atoms with Gasteiger partial charge in [0.25, 0.3) is 0 Å². The number of rotatable bonds is 10. The summed E-state index contributed by atoms with van der Waals surface area (Å²) in [5, 5.41) is 5.32. The fraction of sp³-hybridized carbons (Fsp3) is 0.474. The normalized spacial score (nSPS) is 11.5. The Kier molecular flexibility index (Phi) is 9.14. The molecule has 9 heteroatoms. The lowest BCUT2D eigenvalue weighted by Gasteiger charge is -2.19. The lowest BCUT2D eigenvalue weighted by molar-refractivity contribution is -0.116. The summed E-state index contributed by atoms with van der Waals surface area (Å²) in [6, 6.07) is 6.59. The summed E-state index contributed by atoms with van der Waals surface area (Å²) in [6.45, 7) is 9.30. The van der Waals surface area contributed by atoms with Crippen molar-refractivity contribution in [2.24, 2.45) is 0 Å². The number of nitrogens with one attached hydrogen (secondary N) is 3. The summed E-state index contributed by atoms with van der Waals surface area (Å²) in [4.78, 5) is 23.4. The van der Waals surface area contributed by atoms with E-state index in [9.17, 15) is 18.0 Å². The molecule has 3 N–H and O–H groups in total. The molecule has 0 aliphatic rings. The van der Waals surface area contributed by atoms with Crippen molar-refractivity contribution in [2.75, 3.05) is 18.4 Å². The number of ether oxygens (including phenoxy) is 1. The van der Waals surface area contributed by atoms with Gasteiger partial charge in [-0.2, -0.15) is 0 Å². The van der Waals surface area contributed by atoms with E-state index in [2.05, 4.69) is 21.9 Å². The Morgan fingerprint density at radius 3 is 2.39 bits per heavy atom. The number of benzene rings is 1. The summed E-state index contributed by atoms with van der Waals surface area (Å²) in [6.07, 6.45) is 1.66. The maximum atomic E-state index is 11.9. The van der Waals surface area contributed by atoms with Gasteiger partial charge in [-0.25, -0.2) is 17.9 Å². The molecule has 0 bridgehead atoms. The van der Waals surface area contributed by atoms with Gasteiger partial charge in [0, 0.05) is 25.2 Å². The molecule has 0 aliphatic carbocycles. The van der Waals surface area contributed by atoms with Gasteiger partial charge in [-0.1, -0.05) is 18.2 Å². The van der Waals surface area contributed by atoms with E-state index in [1.807, 2.05) is 0 Å². The van der Waals surface area contributed by atoms with Gasteiger partial charge in [-0.05, 0) is 44.9 Å². The predicted octanol–water partition coefficient (Wildman–Crippen LogP) is 2.54. The van der Waals surface area contributed by atoms with Crippen LogP contribution in [0.15, 0.2) is 36.9 Å². The van der Waals surface area contributed by atoms with Crippen LogP contribution in [-0.2, 0) is 25.3 Å². The number of carbonyl (C=O) groups is 2. The minimum Gasteiger partial charge on any atom is -0.444 e. The minimum atomic E-state index is -3.42. The van der Waals surface area contributed by atoms with Crippen LogP contribution in [-0.4, -0.2) is 39.1 Å². The van der Waals surface area contributed by atoms with Gasteiger partial charge >= 0.3 is 6.09 Å². The van der Waals surface area contributed by atoms with Gasteiger partial charge in [0.05, 0.1) is 5.75 Å². The number of sulfonamides is 1. The van der Waals surface area contributed by atoms with E-state index >= 15 is 0 Å². The van der Waals surface area contributed by atoms with Crippen LogP contribution in [0.2, 0.25) is 0 Å². The van der Waals surface area contributed by atoms with Gasteiger partial charge < -0.3 is 15.4 Å². The minimum absolute atomic E-state index is 0.147. The number of hydrogen-bond acceptors (Lipinski definition) is 5. The highest BCUT2D eigenvalue weighted by atomic mass is 32.2. The zero-order valence-corrected chi connectivity index (χ0v) is 17.4. The molecule has 0 fully saturated rings. The Balaban J connectivity index is 2.37. The summed E-state index contributed by atoms with van der Waals surface area (Å²) in [5.41, 5.74) is 0.621. The first-order valence-electron chi connectivity index (χ1n) is 8.94. The maximum Gasteiger partial charge on any atom is 0.407 e. The Morgan fingerprint density at radius 2 is 1.82 bits per heavy atom. The van der Waals surface area contributed by atoms with Crippen LogP contribution < -0.4 is 15.4 Å². The Labute approximate surface area is 166 Å². The molecule has 0 aliphatic heterocycles. The number of amides is 2. The summed E-state index contributed by atoms with van der Waals surface area (Å²) >= 11 is 0. The fourth-order valence-corrected chi connectivity index (χ4v) is 3.22. The van der Waals surface area contributed by atoms with Crippen LogP contribution in [0.25, 0.3) is 0 Å². The van der Waals surface area contributed by atoms with Gasteiger partial charge in [0.15, 0.2) is 0 Å². The van der Waals surface area contributed by atoms with E-state index in [1.54, 1.807) is 45.0 Å². The number of hydrogen-bond donors (Lipinski definition) is 3. The predicted molar refractivity (Wildman–Crippen MR) is 109 cm³/mol. The van der Waals surface area contributed by atoms with Crippen molar-refractivity contribution in [1.29, 1.82) is 0 Å². The molecular formula is C19H29N3O5S. The largest absolute Gasteiger partial charge is 0.444 e. The van der Waals surface area contributed by atoms with Gasteiger partial charge in [0.1, 0.15) is 5.60 Å². The Bertz CT molecular complexity index is 768. The van der Waals surface area contributed by atoms with Gasteiger partial charge in [-0.15, -0.1) is 6.58 Å². The highest BCUT2D eigenvalue weighted by Gasteiger charge is 2.15. The maximum absolute atomic E-state index is 11.9. The van der Waals surface area contributed by atoms with Crippen molar-refractivity contribution in [1.82, 2.24) is 10.0 Å². The molecule has 2 amide bonds. The van der Waals surface area contributed by atoms with Crippen LogP contribution in [0, 0.1) is 0 Å². The van der Waals surface area contributed by atoms with Crippen LogP contribution in [0.4, 0.5) is 10.5 Å². The number of carbonyl (C=O) groups excluding carboxylic acids is 2. The first-order valence-corrected chi connectivity index (χ1v) is 10.6. The van der Waals surface area contributed by atoms with E-state index < -0.39 is 21.7 Å². The summed E-state index contributed by atoms with van der Waals surface area (Å²) < 4.78 is 31.2. The Morgan fingerprint density at radius 1 is 1.18 bits per heavy atom. The molecule has 156 valence electrons. The van der Waals surface area contributed by atoms with Crippen LogP contribution in [0.1, 0.15) is 39.2 Å². The van der Waals surface area contributed by atoms with E-state index in [0.717, 1.165) is 0 Å². The van der Waals surface area contributed by atoms with E-state index in [1.165, 1.54) is 6.08 Å². The zero-order chi connectivity index (χ0) is 21.2. The molecule has 1 rings (SSSR count). The van der Waals surface area contributed by atoms with E-state index in [-0.39, 0.29) is 24.6 Å². The molecule has 0 atom stereocenters. The molecule has 0 saturated heterocycles. The lowest BCUT2D eigenvalue weighted by atomic mass is 10.2. The summed E-state index contributed by atoms with van der Waals surface area (Å²) in [5.74, 6) is -0.343. The zero-order valence-electron chi connectivity index (χ0n) is 16.6. The summed E-state index contributed by atoms with van der Waals surface area (Å²) in [7, 11) is -3.42. The fourth-order valence-electron chi connectivity index (χ4n) is 2.12. The van der Waals surface area contributed by atoms with Crippen molar-refractivity contribution in [3.05, 3.63) is 42.5 Å².